The van der Waals surface area contributed by atoms with Crippen molar-refractivity contribution in [3.05, 3.63) is 41.2 Å². The van der Waals surface area contributed by atoms with Crippen LogP contribution in [0.5, 0.6) is 5.75 Å². The number of hydrogen-bond donors (Lipinski definition) is 1. The summed E-state index contributed by atoms with van der Waals surface area (Å²) in [6.07, 6.45) is -39.3. The van der Waals surface area contributed by atoms with Crippen LogP contribution in [0.25, 0.3) is 0 Å². The van der Waals surface area contributed by atoms with Crippen LogP contribution < -0.4 is 34.0 Å². The highest BCUT2D eigenvalue weighted by molar-refractivity contribution is 5.94. The van der Waals surface area contributed by atoms with Gasteiger partial charge < -0.3 is 38.5 Å². The molecule has 256 valence electrons. The van der Waals surface area contributed by atoms with Gasteiger partial charge in [-0.2, -0.15) is 65.9 Å². The summed E-state index contributed by atoms with van der Waals surface area (Å²) in [5.74, 6) is -7.34. The number of allylic oxidation sites excluding steroid dienone is 2. The minimum absolute atomic E-state index is 0. The lowest BCUT2D eigenvalue weighted by atomic mass is 9.79. The standard InChI is InChI=1S/C22H19F17N2O2.HI/c1-41(2,3)10-4-9-40-15(42)11-5-7-12(8-6-11)43-14(18(25,26)27)13(16(23,19(28,29)30)20(31,32)33)17(24,21(34,35)36)22(37,38)39;/h5-8H,4,9-10H2,1-3H3;1H. The van der Waals surface area contributed by atoms with E-state index >= 15 is 0 Å². The summed E-state index contributed by atoms with van der Waals surface area (Å²) in [7, 11) is 5.38. The van der Waals surface area contributed by atoms with Gasteiger partial charge in [-0.25, -0.2) is 8.78 Å². The molecule has 0 atom stereocenters. The second-order valence-corrected chi connectivity index (χ2v) is 9.76. The molecule has 0 spiro atoms. The van der Waals surface area contributed by atoms with Gasteiger partial charge >= 0.3 is 42.2 Å². The first kappa shape index (κ1) is 41.7. The predicted molar refractivity (Wildman–Crippen MR) is 112 cm³/mol. The Labute approximate surface area is 253 Å². The fourth-order valence-corrected chi connectivity index (χ4v) is 3.34. The largest absolute Gasteiger partial charge is 1.00 e. The molecule has 0 bridgehead atoms. The van der Waals surface area contributed by atoms with E-state index in [1.165, 1.54) is 0 Å². The van der Waals surface area contributed by atoms with Crippen LogP contribution in [-0.2, 0) is 0 Å². The number of alkyl halides is 17. The van der Waals surface area contributed by atoms with Gasteiger partial charge in [0, 0.05) is 18.5 Å². The second-order valence-electron chi connectivity index (χ2n) is 9.76. The van der Waals surface area contributed by atoms with Gasteiger partial charge in [0.05, 0.1) is 33.3 Å². The van der Waals surface area contributed by atoms with Crippen molar-refractivity contribution in [2.24, 2.45) is 0 Å². The Bertz CT molecular complexity index is 1090. The number of quaternary nitrogens is 1. The molecule has 0 saturated heterocycles. The number of carbonyl (C=O) groups excluding carboxylic acids is 1. The van der Waals surface area contributed by atoms with E-state index < -0.39 is 70.8 Å². The molecular formula is C22H20F17IN2O2. The van der Waals surface area contributed by atoms with Crippen LogP contribution in [0.2, 0.25) is 0 Å². The van der Waals surface area contributed by atoms with E-state index in [-0.39, 0.29) is 42.7 Å². The van der Waals surface area contributed by atoms with E-state index in [0.29, 0.717) is 29.6 Å². The molecule has 1 rings (SSSR count). The minimum atomic E-state index is -8.27. The number of nitrogens with one attached hydrogen (secondary N) is 1. The number of nitrogens with zero attached hydrogens (tertiary/aromatic N) is 1. The molecule has 1 aromatic rings. The molecule has 0 unspecified atom stereocenters. The van der Waals surface area contributed by atoms with Gasteiger partial charge in [-0.1, -0.05) is 0 Å². The van der Waals surface area contributed by atoms with Crippen LogP contribution in [0.3, 0.4) is 0 Å². The quantitative estimate of drug-likeness (QED) is 0.133. The first-order valence-corrected chi connectivity index (χ1v) is 11.2. The van der Waals surface area contributed by atoms with E-state index in [1.54, 1.807) is 21.1 Å². The van der Waals surface area contributed by atoms with Gasteiger partial charge in [0.2, 0.25) is 5.76 Å². The van der Waals surface area contributed by atoms with Crippen molar-refractivity contribution in [2.45, 2.75) is 48.6 Å². The van der Waals surface area contributed by atoms with Crippen molar-refractivity contribution in [3.8, 4) is 5.75 Å². The monoisotopic (exact) mass is 794 g/mol. The maximum atomic E-state index is 14.7. The third-order valence-electron chi connectivity index (χ3n) is 5.36. The summed E-state index contributed by atoms with van der Waals surface area (Å²) in [4.78, 5) is 12.1. The molecule has 1 amide bonds. The summed E-state index contributed by atoms with van der Waals surface area (Å²) in [5.41, 5.74) is -22.6. The lowest BCUT2D eigenvalue weighted by molar-refractivity contribution is -0.870. The van der Waals surface area contributed by atoms with Gasteiger partial charge in [-0.15, -0.1) is 0 Å². The lowest BCUT2D eigenvalue weighted by Gasteiger charge is -2.41. The van der Waals surface area contributed by atoms with Crippen molar-refractivity contribution in [1.82, 2.24) is 5.32 Å². The molecule has 1 aromatic carbocycles. The predicted octanol–water partition coefficient (Wildman–Crippen LogP) is 4.38. The Morgan fingerprint density at radius 2 is 1.05 bits per heavy atom. The molecule has 0 heterocycles. The second kappa shape index (κ2) is 13.2. The highest BCUT2D eigenvalue weighted by atomic mass is 127. The van der Waals surface area contributed by atoms with Gasteiger partial charge in [0.25, 0.3) is 5.91 Å². The molecule has 0 saturated carbocycles. The molecule has 0 fully saturated rings. The van der Waals surface area contributed by atoms with Gasteiger partial charge in [0.1, 0.15) is 5.75 Å². The number of ether oxygens (including phenoxy) is 1. The lowest BCUT2D eigenvalue weighted by Crippen LogP contribution is -3.00. The molecule has 0 radical (unpaired) electrons. The third kappa shape index (κ3) is 8.92. The highest BCUT2D eigenvalue weighted by Crippen LogP contribution is 2.63. The Morgan fingerprint density at radius 3 is 1.34 bits per heavy atom. The van der Waals surface area contributed by atoms with E-state index in [2.05, 4.69) is 10.1 Å². The summed E-state index contributed by atoms with van der Waals surface area (Å²) in [6, 6.07) is 1.08. The Kier molecular flexibility index (Phi) is 12.5. The van der Waals surface area contributed by atoms with Gasteiger partial charge in [-0.05, 0) is 24.3 Å². The third-order valence-corrected chi connectivity index (χ3v) is 5.36. The molecule has 0 aliphatic carbocycles. The van der Waals surface area contributed by atoms with Crippen LogP contribution in [0.1, 0.15) is 16.8 Å². The first-order valence-electron chi connectivity index (χ1n) is 11.2. The van der Waals surface area contributed by atoms with Crippen LogP contribution in [0, 0.1) is 0 Å². The topological polar surface area (TPSA) is 38.3 Å². The zero-order valence-electron chi connectivity index (χ0n) is 22.0. The Morgan fingerprint density at radius 1 is 0.682 bits per heavy atom. The van der Waals surface area contributed by atoms with E-state index in [9.17, 15) is 79.4 Å². The minimum Gasteiger partial charge on any atom is -1.00 e. The maximum Gasteiger partial charge on any atom is 0.449 e. The molecule has 22 heteroatoms. The molecule has 4 nitrogen and oxygen atoms in total. The zero-order valence-corrected chi connectivity index (χ0v) is 24.2. The van der Waals surface area contributed by atoms with Crippen LogP contribution in [0.4, 0.5) is 74.6 Å². The zero-order chi connectivity index (χ0) is 34.3. The van der Waals surface area contributed by atoms with Crippen molar-refractivity contribution in [1.29, 1.82) is 0 Å². The summed E-state index contributed by atoms with van der Waals surface area (Å²) >= 11 is 0. The SMILES string of the molecule is C[N+](C)(C)CCCNC(=O)c1ccc(OC(=C(C(F)(C(F)(F)F)C(F)(F)F)C(F)(C(F)(F)F)C(F)(F)F)C(F)(F)F)cc1.[I-]. The number of halogens is 18. The highest BCUT2D eigenvalue weighted by Gasteiger charge is 2.88. The van der Waals surface area contributed by atoms with E-state index in [0.717, 1.165) is 0 Å². The molecule has 44 heavy (non-hydrogen) atoms. The van der Waals surface area contributed by atoms with Crippen molar-refractivity contribution in [3.63, 3.8) is 0 Å². The maximum absolute atomic E-state index is 14.7. The summed E-state index contributed by atoms with van der Waals surface area (Å²) < 4.78 is 234. The van der Waals surface area contributed by atoms with Gasteiger partial charge in [0.15, 0.2) is 0 Å². The molecule has 0 aliphatic rings. The number of amides is 1. The number of rotatable bonds is 9. The molecule has 0 aliphatic heterocycles. The van der Waals surface area contributed by atoms with Crippen molar-refractivity contribution in [2.75, 3.05) is 34.2 Å². The van der Waals surface area contributed by atoms with Gasteiger partial charge in [-0.3, -0.25) is 4.79 Å². The fourth-order valence-electron chi connectivity index (χ4n) is 3.34. The van der Waals surface area contributed by atoms with Crippen molar-refractivity contribution < 1.29 is 113 Å². The number of carbonyl (C=O) groups is 1. The molecule has 1 N–H and O–H groups in total. The fraction of sp³-hybridized carbons (Fsp3) is 0.591. The van der Waals surface area contributed by atoms with Crippen LogP contribution >= 0.6 is 0 Å². The number of hydrogen-bond acceptors (Lipinski definition) is 2. The van der Waals surface area contributed by atoms with Crippen LogP contribution in [-0.4, -0.2) is 86.8 Å². The molecule has 0 aromatic heterocycles. The molecular weight excluding hydrogens is 774 g/mol. The average molecular weight is 794 g/mol. The smallest absolute Gasteiger partial charge is 0.449 e. The van der Waals surface area contributed by atoms with E-state index in [1.807, 2.05) is 0 Å². The van der Waals surface area contributed by atoms with Crippen LogP contribution in [0.15, 0.2) is 35.6 Å². The van der Waals surface area contributed by atoms with Crippen molar-refractivity contribution >= 4 is 5.91 Å². The average Bonchev–Trinajstić information content (AvgIpc) is 2.77. The number of benzene rings is 1. The Balaban J connectivity index is 0.0000185. The Hall–Kier alpha value is -2.27. The summed E-state index contributed by atoms with van der Waals surface area (Å²) in [6.45, 7) is 0.539. The normalized spacial score (nSPS) is 14.1. The summed E-state index contributed by atoms with van der Waals surface area (Å²) in [5, 5.41) is 2.30. The first-order chi connectivity index (χ1) is 18.8. The van der Waals surface area contributed by atoms with E-state index in [4.69, 9.17) is 0 Å².